The quantitative estimate of drug-likeness (QED) is 0.398. The molecule has 3 N–H and O–H groups in total. The first kappa shape index (κ1) is 8.45. The summed E-state index contributed by atoms with van der Waals surface area (Å²) in [6.07, 6.45) is -1.74. The maximum Gasteiger partial charge on any atom is 0.248 e. The molecular formula is C6H11NO4. The zero-order valence-electron chi connectivity index (χ0n) is 5.97. The van der Waals surface area contributed by atoms with Gasteiger partial charge < -0.3 is 20.2 Å². The number of β-amino-alcohol motifs (C(OH)–C–C–N with tert-alkyl or cyclic N) is 2. The SMILES string of the molecule is O=C(CO)N1CC(O)C(O)C1. The van der Waals surface area contributed by atoms with Crippen molar-refractivity contribution in [3.05, 3.63) is 0 Å². The lowest BCUT2D eigenvalue weighted by Gasteiger charge is -2.12. The molecule has 1 saturated heterocycles. The van der Waals surface area contributed by atoms with Crippen LogP contribution in [0.15, 0.2) is 0 Å². The van der Waals surface area contributed by atoms with E-state index in [-0.39, 0.29) is 13.1 Å². The summed E-state index contributed by atoms with van der Waals surface area (Å²) in [5.41, 5.74) is 0. The van der Waals surface area contributed by atoms with Crippen LogP contribution in [0.25, 0.3) is 0 Å². The minimum Gasteiger partial charge on any atom is -0.388 e. The smallest absolute Gasteiger partial charge is 0.248 e. The van der Waals surface area contributed by atoms with Crippen LogP contribution in [-0.2, 0) is 4.79 Å². The van der Waals surface area contributed by atoms with E-state index in [9.17, 15) is 4.79 Å². The van der Waals surface area contributed by atoms with Gasteiger partial charge in [0, 0.05) is 13.1 Å². The summed E-state index contributed by atoms with van der Waals surface area (Å²) in [6.45, 7) is -0.347. The van der Waals surface area contributed by atoms with Gasteiger partial charge in [-0.25, -0.2) is 0 Å². The molecule has 1 aliphatic rings. The molecule has 1 aliphatic heterocycles. The fourth-order valence-electron chi connectivity index (χ4n) is 1.07. The van der Waals surface area contributed by atoms with Crippen molar-refractivity contribution in [1.82, 2.24) is 4.90 Å². The number of amides is 1. The van der Waals surface area contributed by atoms with E-state index in [1.54, 1.807) is 0 Å². The van der Waals surface area contributed by atoms with Gasteiger partial charge in [0.15, 0.2) is 0 Å². The number of carbonyl (C=O) groups excluding carboxylic acids is 1. The molecular weight excluding hydrogens is 150 g/mol. The van der Waals surface area contributed by atoms with Crippen LogP contribution in [0.2, 0.25) is 0 Å². The second-order valence-electron chi connectivity index (χ2n) is 2.59. The van der Waals surface area contributed by atoms with Crippen molar-refractivity contribution in [1.29, 1.82) is 0 Å². The monoisotopic (exact) mass is 161 g/mol. The van der Waals surface area contributed by atoms with Crippen LogP contribution < -0.4 is 0 Å². The molecule has 0 aromatic carbocycles. The predicted molar refractivity (Wildman–Crippen MR) is 35.7 cm³/mol. The Morgan fingerprint density at radius 3 is 2.18 bits per heavy atom. The van der Waals surface area contributed by atoms with Crippen molar-refractivity contribution in [2.24, 2.45) is 0 Å². The molecule has 0 aromatic heterocycles. The van der Waals surface area contributed by atoms with Gasteiger partial charge in [0.2, 0.25) is 5.91 Å². The van der Waals surface area contributed by atoms with E-state index in [4.69, 9.17) is 15.3 Å². The summed E-state index contributed by atoms with van der Waals surface area (Å²) in [7, 11) is 0. The zero-order valence-corrected chi connectivity index (χ0v) is 5.97. The maximum atomic E-state index is 10.8. The number of hydrogen-bond donors (Lipinski definition) is 3. The highest BCUT2D eigenvalue weighted by Crippen LogP contribution is 2.09. The van der Waals surface area contributed by atoms with Crippen molar-refractivity contribution in [2.75, 3.05) is 19.7 Å². The lowest BCUT2D eigenvalue weighted by Crippen LogP contribution is -2.31. The van der Waals surface area contributed by atoms with Crippen molar-refractivity contribution in [2.45, 2.75) is 12.2 Å². The van der Waals surface area contributed by atoms with Crippen LogP contribution in [0.1, 0.15) is 0 Å². The molecule has 0 aliphatic carbocycles. The van der Waals surface area contributed by atoms with E-state index in [1.807, 2.05) is 0 Å². The molecule has 0 spiro atoms. The Kier molecular flexibility index (Phi) is 2.43. The number of carbonyl (C=O) groups is 1. The molecule has 0 aromatic rings. The lowest BCUT2D eigenvalue weighted by molar-refractivity contribution is -0.133. The molecule has 0 bridgehead atoms. The maximum absolute atomic E-state index is 10.8. The minimum atomic E-state index is -0.870. The molecule has 5 heteroatoms. The minimum absolute atomic E-state index is 0.112. The molecule has 1 amide bonds. The van der Waals surface area contributed by atoms with Gasteiger partial charge in [-0.2, -0.15) is 0 Å². The average Bonchev–Trinajstić information content (AvgIpc) is 2.31. The Balaban J connectivity index is 2.46. The highest BCUT2D eigenvalue weighted by Gasteiger charge is 2.31. The summed E-state index contributed by atoms with van der Waals surface area (Å²) >= 11 is 0. The van der Waals surface area contributed by atoms with E-state index < -0.39 is 24.7 Å². The third-order valence-corrected chi connectivity index (χ3v) is 1.75. The molecule has 2 atom stereocenters. The molecule has 1 rings (SSSR count). The third-order valence-electron chi connectivity index (χ3n) is 1.75. The van der Waals surface area contributed by atoms with Gasteiger partial charge in [0.05, 0.1) is 12.2 Å². The number of rotatable bonds is 1. The van der Waals surface area contributed by atoms with Crippen molar-refractivity contribution in [3.63, 3.8) is 0 Å². The van der Waals surface area contributed by atoms with Crippen molar-refractivity contribution < 1.29 is 20.1 Å². The van der Waals surface area contributed by atoms with Gasteiger partial charge in [-0.05, 0) is 0 Å². The Morgan fingerprint density at radius 2 is 1.82 bits per heavy atom. The second kappa shape index (κ2) is 3.17. The van der Waals surface area contributed by atoms with Crippen LogP contribution in [0.3, 0.4) is 0 Å². The van der Waals surface area contributed by atoms with E-state index in [0.29, 0.717) is 0 Å². The van der Waals surface area contributed by atoms with Crippen LogP contribution in [0, 0.1) is 0 Å². The number of aliphatic hydroxyl groups excluding tert-OH is 3. The number of aliphatic hydroxyl groups is 3. The van der Waals surface area contributed by atoms with E-state index in [2.05, 4.69) is 0 Å². The topological polar surface area (TPSA) is 81.0 Å². The molecule has 1 heterocycles. The highest BCUT2D eigenvalue weighted by atomic mass is 16.3. The molecule has 0 radical (unpaired) electrons. The van der Waals surface area contributed by atoms with Crippen molar-refractivity contribution in [3.8, 4) is 0 Å². The van der Waals surface area contributed by atoms with Gasteiger partial charge in [0.1, 0.15) is 6.61 Å². The van der Waals surface area contributed by atoms with E-state index >= 15 is 0 Å². The number of nitrogens with zero attached hydrogens (tertiary/aromatic N) is 1. The summed E-state index contributed by atoms with van der Waals surface area (Å²) in [4.78, 5) is 12.0. The number of likely N-dealkylation sites (tertiary alicyclic amines) is 1. The first-order valence-corrected chi connectivity index (χ1v) is 3.40. The summed E-state index contributed by atoms with van der Waals surface area (Å²) in [5.74, 6) is -0.458. The normalized spacial score (nSPS) is 31.0. The van der Waals surface area contributed by atoms with Crippen LogP contribution in [0.4, 0.5) is 0 Å². The average molecular weight is 161 g/mol. The fourth-order valence-corrected chi connectivity index (χ4v) is 1.07. The van der Waals surface area contributed by atoms with Gasteiger partial charge >= 0.3 is 0 Å². The first-order chi connectivity index (χ1) is 5.15. The Morgan fingerprint density at radius 1 is 1.36 bits per heavy atom. The third kappa shape index (κ3) is 1.68. The largest absolute Gasteiger partial charge is 0.388 e. The van der Waals surface area contributed by atoms with Crippen LogP contribution in [-0.4, -0.2) is 58.0 Å². The first-order valence-electron chi connectivity index (χ1n) is 3.40. The van der Waals surface area contributed by atoms with E-state index in [1.165, 1.54) is 4.90 Å². The summed E-state index contributed by atoms with van der Waals surface area (Å²) in [5, 5.41) is 26.4. The lowest BCUT2D eigenvalue weighted by atomic mass is 10.3. The fraction of sp³-hybridized carbons (Fsp3) is 0.833. The number of hydrogen-bond acceptors (Lipinski definition) is 4. The van der Waals surface area contributed by atoms with Gasteiger partial charge in [0.25, 0.3) is 0 Å². The van der Waals surface area contributed by atoms with Crippen LogP contribution >= 0.6 is 0 Å². The highest BCUT2D eigenvalue weighted by molar-refractivity contribution is 5.77. The van der Waals surface area contributed by atoms with Gasteiger partial charge in [-0.15, -0.1) is 0 Å². The Bertz CT molecular complexity index is 151. The second-order valence-corrected chi connectivity index (χ2v) is 2.59. The summed E-state index contributed by atoms with van der Waals surface area (Å²) in [6, 6.07) is 0. The molecule has 11 heavy (non-hydrogen) atoms. The Labute approximate surface area is 63.9 Å². The van der Waals surface area contributed by atoms with Gasteiger partial charge in [-0.1, -0.05) is 0 Å². The standard InChI is InChI=1S/C6H11NO4/c8-3-6(11)7-1-4(9)5(10)2-7/h4-5,8-10H,1-3H2. The van der Waals surface area contributed by atoms with Gasteiger partial charge in [-0.3, -0.25) is 4.79 Å². The van der Waals surface area contributed by atoms with Crippen molar-refractivity contribution >= 4 is 5.91 Å². The molecule has 5 nitrogen and oxygen atoms in total. The summed E-state index contributed by atoms with van der Waals surface area (Å²) < 4.78 is 0. The molecule has 64 valence electrons. The zero-order chi connectivity index (χ0) is 8.43. The molecule has 2 unspecified atom stereocenters. The van der Waals surface area contributed by atoms with E-state index in [0.717, 1.165) is 0 Å². The van der Waals surface area contributed by atoms with Crippen LogP contribution in [0.5, 0.6) is 0 Å². The molecule has 0 saturated carbocycles. The molecule has 1 fully saturated rings. The predicted octanol–water partition coefficient (Wildman–Crippen LogP) is -2.46. The Hall–Kier alpha value is -0.650.